The maximum atomic E-state index is 13.3. The van der Waals surface area contributed by atoms with E-state index in [0.29, 0.717) is 57.9 Å². The molecule has 2 amide bonds. The fourth-order valence-corrected chi connectivity index (χ4v) is 6.15. The highest BCUT2D eigenvalue weighted by Crippen LogP contribution is 2.42. The molecule has 3 aliphatic rings. The molecule has 10 nitrogen and oxygen atoms in total. The first-order valence-corrected chi connectivity index (χ1v) is 15.5. The van der Waals surface area contributed by atoms with Crippen molar-refractivity contribution < 1.29 is 14.3 Å². The lowest BCUT2D eigenvalue weighted by Crippen LogP contribution is -2.39. The standard InChI is InChI=1S/C32H34ClN7O3/c1-2-27(41)39-13-3-4-21(17-39)31-38-28(29-30(34)36-16-25(33)40(29)31)23-10-7-20(14-24(23)43-22-8-9-22)32(42)37-26-15-19(11-12-35-26)18-5-6-18/h7,10-12,14-16,18,21-22H,2-6,8-9,13,17H2,1H3,(H2,34,36)(H,35,37,42). The van der Waals surface area contributed by atoms with Crippen molar-refractivity contribution in [2.75, 3.05) is 24.1 Å². The molecule has 3 N–H and O–H groups in total. The summed E-state index contributed by atoms with van der Waals surface area (Å²) in [4.78, 5) is 41.6. The number of nitrogen functional groups attached to an aromatic ring is 1. The van der Waals surface area contributed by atoms with Gasteiger partial charge in [-0.1, -0.05) is 18.5 Å². The number of nitrogens with one attached hydrogen (secondary N) is 1. The number of halogens is 1. The summed E-state index contributed by atoms with van der Waals surface area (Å²) in [5, 5.41) is 3.33. The molecule has 0 radical (unpaired) electrons. The second-order valence-corrected chi connectivity index (χ2v) is 12.1. The quantitative estimate of drug-likeness (QED) is 0.261. The largest absolute Gasteiger partial charge is 0.490 e. The molecule has 222 valence electrons. The Kier molecular flexibility index (Phi) is 7.17. The Balaban J connectivity index is 1.27. The minimum Gasteiger partial charge on any atom is -0.490 e. The second kappa shape index (κ2) is 11.1. The van der Waals surface area contributed by atoms with E-state index in [1.165, 1.54) is 24.6 Å². The number of aromatic nitrogens is 4. The van der Waals surface area contributed by atoms with Crippen LogP contribution in [0.5, 0.6) is 5.75 Å². The third-order valence-corrected chi connectivity index (χ3v) is 8.77. The molecule has 1 atom stereocenters. The van der Waals surface area contributed by atoms with Crippen molar-refractivity contribution >= 4 is 40.6 Å². The summed E-state index contributed by atoms with van der Waals surface area (Å²) in [6, 6.07) is 9.32. The van der Waals surface area contributed by atoms with Crippen molar-refractivity contribution in [1.29, 1.82) is 0 Å². The minimum absolute atomic E-state index is 0.0263. The number of nitrogens with zero attached hydrogens (tertiary/aromatic N) is 5. The van der Waals surface area contributed by atoms with E-state index in [1.54, 1.807) is 18.3 Å². The number of pyridine rings is 1. The summed E-state index contributed by atoms with van der Waals surface area (Å²) in [7, 11) is 0. The smallest absolute Gasteiger partial charge is 0.256 e. The van der Waals surface area contributed by atoms with E-state index >= 15 is 0 Å². The third kappa shape index (κ3) is 5.51. The van der Waals surface area contributed by atoms with Crippen LogP contribution in [0, 0.1) is 0 Å². The molecule has 1 saturated heterocycles. The van der Waals surface area contributed by atoms with Crippen LogP contribution in [0.4, 0.5) is 11.6 Å². The molecule has 2 saturated carbocycles. The minimum atomic E-state index is -0.268. The number of piperidine rings is 1. The predicted octanol–water partition coefficient (Wildman–Crippen LogP) is 5.81. The summed E-state index contributed by atoms with van der Waals surface area (Å²) >= 11 is 6.73. The van der Waals surface area contributed by atoms with Crippen LogP contribution < -0.4 is 15.8 Å². The maximum absolute atomic E-state index is 13.3. The maximum Gasteiger partial charge on any atom is 0.256 e. The van der Waals surface area contributed by atoms with Gasteiger partial charge in [-0.2, -0.15) is 0 Å². The summed E-state index contributed by atoms with van der Waals surface area (Å²) in [5.41, 5.74) is 9.98. The van der Waals surface area contributed by atoms with Crippen LogP contribution in [-0.2, 0) is 4.79 Å². The highest BCUT2D eigenvalue weighted by molar-refractivity contribution is 6.30. The van der Waals surface area contributed by atoms with Gasteiger partial charge in [-0.25, -0.2) is 15.0 Å². The Morgan fingerprint density at radius 2 is 1.93 bits per heavy atom. The van der Waals surface area contributed by atoms with Gasteiger partial charge in [0.25, 0.3) is 5.91 Å². The highest BCUT2D eigenvalue weighted by Gasteiger charge is 2.32. The highest BCUT2D eigenvalue weighted by atomic mass is 35.5. The lowest BCUT2D eigenvalue weighted by molar-refractivity contribution is -0.132. The molecule has 1 aromatic carbocycles. The van der Waals surface area contributed by atoms with Crippen molar-refractivity contribution in [1.82, 2.24) is 24.3 Å². The monoisotopic (exact) mass is 599 g/mol. The van der Waals surface area contributed by atoms with Crippen LogP contribution >= 0.6 is 11.6 Å². The SMILES string of the molecule is CCC(=O)N1CCCC(c2nc(-c3ccc(C(=O)Nc4cc(C5CC5)ccn4)cc3OC3CC3)c3c(N)ncc(Cl)n23)C1. The third-order valence-electron chi connectivity index (χ3n) is 8.50. The van der Waals surface area contributed by atoms with Gasteiger partial charge in [-0.3, -0.25) is 14.0 Å². The number of anilines is 2. The van der Waals surface area contributed by atoms with Gasteiger partial charge in [0, 0.05) is 42.8 Å². The Morgan fingerprint density at radius 1 is 1.09 bits per heavy atom. The molecular weight excluding hydrogens is 566 g/mol. The number of fused-ring (bicyclic) bond motifs is 1. The number of ether oxygens (including phenoxy) is 1. The summed E-state index contributed by atoms with van der Waals surface area (Å²) < 4.78 is 8.21. The van der Waals surface area contributed by atoms with E-state index in [9.17, 15) is 9.59 Å². The Hall–Kier alpha value is -4.18. The first-order valence-electron chi connectivity index (χ1n) is 15.1. The van der Waals surface area contributed by atoms with Gasteiger partial charge in [0.15, 0.2) is 0 Å². The lowest BCUT2D eigenvalue weighted by Gasteiger charge is -2.32. The van der Waals surface area contributed by atoms with E-state index in [0.717, 1.165) is 38.1 Å². The number of hydrogen-bond donors (Lipinski definition) is 2. The number of hydrogen-bond acceptors (Lipinski definition) is 7. The molecule has 1 aliphatic heterocycles. The van der Waals surface area contributed by atoms with Gasteiger partial charge < -0.3 is 20.7 Å². The molecule has 0 bridgehead atoms. The summed E-state index contributed by atoms with van der Waals surface area (Å²) in [6.45, 7) is 3.18. The fraction of sp³-hybridized carbons (Fsp3) is 0.406. The first kappa shape index (κ1) is 27.6. The Labute approximate surface area is 254 Å². The molecule has 0 spiro atoms. The predicted molar refractivity (Wildman–Crippen MR) is 165 cm³/mol. The van der Waals surface area contributed by atoms with Crippen molar-refractivity contribution in [3.63, 3.8) is 0 Å². The molecule has 4 aromatic rings. The van der Waals surface area contributed by atoms with E-state index in [-0.39, 0.29) is 29.7 Å². The Morgan fingerprint density at radius 3 is 2.70 bits per heavy atom. The van der Waals surface area contributed by atoms with E-state index < -0.39 is 0 Å². The van der Waals surface area contributed by atoms with Gasteiger partial charge in [0.1, 0.15) is 39.6 Å². The van der Waals surface area contributed by atoms with Crippen molar-refractivity contribution in [2.45, 2.75) is 69.8 Å². The number of likely N-dealkylation sites (tertiary alicyclic amines) is 1. The zero-order valence-corrected chi connectivity index (χ0v) is 24.8. The number of amides is 2. The number of carbonyl (C=O) groups is 2. The molecule has 3 fully saturated rings. The van der Waals surface area contributed by atoms with Crippen LogP contribution in [0.3, 0.4) is 0 Å². The molecule has 11 heteroatoms. The van der Waals surface area contributed by atoms with Crippen LogP contribution in [0.2, 0.25) is 5.15 Å². The lowest BCUT2D eigenvalue weighted by atomic mass is 9.97. The first-order chi connectivity index (χ1) is 20.9. The molecule has 2 aliphatic carbocycles. The zero-order chi connectivity index (χ0) is 29.7. The number of rotatable bonds is 8. The average molecular weight is 600 g/mol. The number of benzene rings is 1. The van der Waals surface area contributed by atoms with Gasteiger partial charge in [-0.05, 0) is 80.3 Å². The van der Waals surface area contributed by atoms with Crippen LogP contribution in [-0.4, -0.2) is 55.3 Å². The topological polar surface area (TPSA) is 128 Å². The van der Waals surface area contributed by atoms with Crippen LogP contribution in [0.1, 0.15) is 85.5 Å². The van der Waals surface area contributed by atoms with Crippen molar-refractivity contribution in [2.24, 2.45) is 0 Å². The van der Waals surface area contributed by atoms with E-state index in [1.807, 2.05) is 34.4 Å². The number of imidazole rings is 1. The summed E-state index contributed by atoms with van der Waals surface area (Å²) in [6.07, 6.45) is 9.78. The van der Waals surface area contributed by atoms with Gasteiger partial charge in [0.2, 0.25) is 5.91 Å². The Bertz CT molecular complexity index is 1730. The second-order valence-electron chi connectivity index (χ2n) is 11.7. The number of nitrogens with two attached hydrogens (primary N) is 1. The molecule has 7 rings (SSSR count). The fourth-order valence-electron chi connectivity index (χ4n) is 5.93. The van der Waals surface area contributed by atoms with E-state index in [4.69, 9.17) is 27.1 Å². The van der Waals surface area contributed by atoms with Gasteiger partial charge in [0.05, 0.1) is 12.3 Å². The molecule has 3 aromatic heterocycles. The molecule has 43 heavy (non-hydrogen) atoms. The average Bonchev–Trinajstić information content (AvgIpc) is 3.97. The normalized spacial score (nSPS) is 18.6. The molecular formula is C32H34ClN7O3. The van der Waals surface area contributed by atoms with Crippen molar-refractivity contribution in [3.05, 3.63) is 64.8 Å². The summed E-state index contributed by atoms with van der Waals surface area (Å²) in [5.74, 6) is 2.50. The van der Waals surface area contributed by atoms with Gasteiger partial charge in [-0.15, -0.1) is 0 Å². The van der Waals surface area contributed by atoms with Crippen LogP contribution in [0.25, 0.3) is 16.8 Å². The molecule has 4 heterocycles. The van der Waals surface area contributed by atoms with Crippen LogP contribution in [0.15, 0.2) is 42.7 Å². The molecule has 1 unspecified atom stereocenters. The zero-order valence-electron chi connectivity index (χ0n) is 24.1. The van der Waals surface area contributed by atoms with Crippen molar-refractivity contribution in [3.8, 4) is 17.0 Å². The number of carbonyl (C=O) groups excluding carboxylic acids is 2. The van der Waals surface area contributed by atoms with E-state index in [2.05, 4.69) is 15.3 Å². The van der Waals surface area contributed by atoms with Gasteiger partial charge >= 0.3 is 0 Å².